The Balaban J connectivity index is 2.67. The highest BCUT2D eigenvalue weighted by Gasteiger charge is 1.87. The predicted molar refractivity (Wildman–Crippen MR) is 28.9 cm³/mol. The molecule has 0 saturated heterocycles. The van der Waals surface area contributed by atoms with E-state index in [1.54, 1.807) is 6.20 Å². The van der Waals surface area contributed by atoms with Gasteiger partial charge in [0.2, 0.25) is 0 Å². The first-order valence-corrected chi connectivity index (χ1v) is 2.21. The first kappa shape index (κ1) is 4.85. The maximum Gasteiger partial charge on any atom is 0.0943 e. The second-order valence-corrected chi connectivity index (χ2v) is 1.34. The maximum atomic E-state index is 4.99. The quantitative estimate of drug-likeness (QED) is 0.512. The second kappa shape index (κ2) is 2.12. The van der Waals surface area contributed by atoms with Gasteiger partial charge in [-0.1, -0.05) is 0 Å². The van der Waals surface area contributed by atoms with Crippen LogP contribution in [0.5, 0.6) is 0 Å². The number of hydrogen-bond acceptors (Lipinski definition) is 2. The molecule has 0 aliphatic heterocycles. The molecule has 0 unspecified atom stereocenters. The van der Waals surface area contributed by atoms with Gasteiger partial charge in [-0.25, -0.2) is 0 Å². The van der Waals surface area contributed by atoms with Crippen molar-refractivity contribution in [2.75, 3.05) is 0 Å². The van der Waals surface area contributed by atoms with Gasteiger partial charge in [-0.05, 0) is 0 Å². The van der Waals surface area contributed by atoms with E-state index in [1.165, 1.54) is 0 Å². The van der Waals surface area contributed by atoms with E-state index in [0.29, 0.717) is 6.42 Å². The largest absolute Gasteiger partial charge is 0.198 e. The van der Waals surface area contributed by atoms with Crippen molar-refractivity contribution in [1.29, 1.82) is 0 Å². The number of rotatable bonds is 1. The molecule has 1 aromatic heterocycles. The predicted octanol–water partition coefficient (Wildman–Crippen LogP) is -0.0196. The topological polar surface area (TPSA) is 41.6 Å². The van der Waals surface area contributed by atoms with Crippen LogP contribution in [0.1, 0.15) is 5.69 Å². The zero-order chi connectivity index (χ0) is 5.82. The van der Waals surface area contributed by atoms with Gasteiger partial charge in [0.25, 0.3) is 0 Å². The van der Waals surface area contributed by atoms with Crippen LogP contribution in [0.2, 0.25) is 0 Å². The lowest BCUT2D eigenvalue weighted by Gasteiger charge is -1.75. The summed E-state index contributed by atoms with van der Waals surface area (Å²) in [4.78, 5) is 0. The first-order valence-electron chi connectivity index (χ1n) is 2.21. The summed E-state index contributed by atoms with van der Waals surface area (Å²) in [6.07, 6.45) is 7.15. The Morgan fingerprint density at radius 1 is 1.88 bits per heavy atom. The molecule has 0 saturated carbocycles. The van der Waals surface area contributed by atoms with Gasteiger partial charge in [-0.15, -0.1) is 12.3 Å². The van der Waals surface area contributed by atoms with Gasteiger partial charge >= 0.3 is 0 Å². The highest BCUT2D eigenvalue weighted by Crippen LogP contribution is 1.85. The number of terminal acetylenes is 1. The fourth-order valence-corrected chi connectivity index (χ4v) is 0.415. The van der Waals surface area contributed by atoms with Crippen molar-refractivity contribution in [1.82, 2.24) is 15.4 Å². The summed E-state index contributed by atoms with van der Waals surface area (Å²) in [5.41, 5.74) is 0.813. The minimum Gasteiger partial charge on any atom is -0.198 e. The number of aromatic nitrogens is 3. The molecule has 1 rings (SSSR count). The summed E-state index contributed by atoms with van der Waals surface area (Å²) < 4.78 is 0. The van der Waals surface area contributed by atoms with Crippen LogP contribution < -0.4 is 0 Å². The molecule has 0 aliphatic carbocycles. The molecule has 0 amide bonds. The van der Waals surface area contributed by atoms with E-state index in [-0.39, 0.29) is 0 Å². The molecule has 40 valence electrons. The van der Waals surface area contributed by atoms with E-state index >= 15 is 0 Å². The standard InChI is InChI=1S/C5H5N3/c1-2-3-5-4-6-8-7-5/h1,4H,3H2,(H,6,7,8). The van der Waals surface area contributed by atoms with E-state index in [1.807, 2.05) is 0 Å². The Bertz CT molecular complexity index is 182. The van der Waals surface area contributed by atoms with E-state index in [0.717, 1.165) is 5.69 Å². The molecule has 0 aliphatic rings. The van der Waals surface area contributed by atoms with Gasteiger partial charge in [0, 0.05) is 0 Å². The van der Waals surface area contributed by atoms with Gasteiger partial charge in [0.1, 0.15) is 0 Å². The zero-order valence-corrected chi connectivity index (χ0v) is 4.26. The van der Waals surface area contributed by atoms with Gasteiger partial charge in [0.15, 0.2) is 0 Å². The molecule has 1 N–H and O–H groups in total. The highest BCUT2D eigenvalue weighted by atomic mass is 15.3. The van der Waals surface area contributed by atoms with Crippen molar-refractivity contribution < 1.29 is 0 Å². The van der Waals surface area contributed by atoms with Crippen LogP contribution in [0, 0.1) is 12.3 Å². The molecule has 0 atom stereocenters. The zero-order valence-electron chi connectivity index (χ0n) is 4.26. The molecule has 0 aromatic carbocycles. The monoisotopic (exact) mass is 107 g/mol. The molecule has 0 bridgehead atoms. The Morgan fingerprint density at radius 3 is 3.25 bits per heavy atom. The van der Waals surface area contributed by atoms with Gasteiger partial charge < -0.3 is 0 Å². The summed E-state index contributed by atoms with van der Waals surface area (Å²) in [6.45, 7) is 0. The van der Waals surface area contributed by atoms with E-state index in [9.17, 15) is 0 Å². The molecule has 1 heterocycles. The van der Waals surface area contributed by atoms with Crippen LogP contribution in [-0.2, 0) is 6.42 Å². The number of nitrogens with one attached hydrogen (secondary N) is 1. The van der Waals surface area contributed by atoms with Crippen molar-refractivity contribution in [3.05, 3.63) is 11.9 Å². The summed E-state index contributed by atoms with van der Waals surface area (Å²) in [5.74, 6) is 2.45. The lowest BCUT2D eigenvalue weighted by atomic mass is 10.4. The number of nitrogens with zero attached hydrogens (tertiary/aromatic N) is 2. The third kappa shape index (κ3) is 0.850. The van der Waals surface area contributed by atoms with E-state index in [4.69, 9.17) is 6.42 Å². The SMILES string of the molecule is C#CCc1cn[nH]n1. The lowest BCUT2D eigenvalue weighted by Crippen LogP contribution is -1.78. The van der Waals surface area contributed by atoms with Crippen LogP contribution in [-0.4, -0.2) is 15.4 Å². The Morgan fingerprint density at radius 2 is 2.75 bits per heavy atom. The number of hydrogen-bond donors (Lipinski definition) is 1. The van der Waals surface area contributed by atoms with E-state index in [2.05, 4.69) is 21.3 Å². The smallest absolute Gasteiger partial charge is 0.0943 e. The average molecular weight is 107 g/mol. The van der Waals surface area contributed by atoms with Crippen molar-refractivity contribution in [2.24, 2.45) is 0 Å². The van der Waals surface area contributed by atoms with Crippen molar-refractivity contribution >= 4 is 0 Å². The molecule has 0 fully saturated rings. The summed E-state index contributed by atoms with van der Waals surface area (Å²) >= 11 is 0. The fraction of sp³-hybridized carbons (Fsp3) is 0.200. The Labute approximate surface area is 47.1 Å². The van der Waals surface area contributed by atoms with Gasteiger partial charge in [-0.2, -0.15) is 15.4 Å². The molecule has 8 heavy (non-hydrogen) atoms. The van der Waals surface area contributed by atoms with Crippen molar-refractivity contribution in [3.63, 3.8) is 0 Å². The summed E-state index contributed by atoms with van der Waals surface area (Å²) in [7, 11) is 0. The van der Waals surface area contributed by atoms with Crippen LogP contribution in [0.25, 0.3) is 0 Å². The van der Waals surface area contributed by atoms with Gasteiger partial charge in [-0.3, -0.25) is 0 Å². The number of H-pyrrole nitrogens is 1. The van der Waals surface area contributed by atoms with Crippen LogP contribution >= 0.6 is 0 Å². The average Bonchev–Trinajstić information content (AvgIpc) is 2.19. The second-order valence-electron chi connectivity index (χ2n) is 1.34. The number of aromatic amines is 1. The normalized spacial score (nSPS) is 8.38. The highest BCUT2D eigenvalue weighted by molar-refractivity contribution is 5.02. The maximum absolute atomic E-state index is 4.99. The Hall–Kier alpha value is -1.30. The van der Waals surface area contributed by atoms with Crippen molar-refractivity contribution in [3.8, 4) is 12.3 Å². The molecular formula is C5H5N3. The van der Waals surface area contributed by atoms with Gasteiger partial charge in [0.05, 0.1) is 18.3 Å². The van der Waals surface area contributed by atoms with Crippen LogP contribution in [0.15, 0.2) is 6.20 Å². The molecule has 0 radical (unpaired) electrons. The van der Waals surface area contributed by atoms with E-state index < -0.39 is 0 Å². The fourth-order valence-electron chi connectivity index (χ4n) is 0.415. The molecule has 1 aromatic rings. The molecule has 3 nitrogen and oxygen atoms in total. The molecule has 3 heteroatoms. The van der Waals surface area contributed by atoms with Crippen LogP contribution in [0.3, 0.4) is 0 Å². The Kier molecular flexibility index (Phi) is 1.29. The molecule has 0 spiro atoms. The first-order chi connectivity index (χ1) is 3.93. The van der Waals surface area contributed by atoms with Crippen LogP contribution in [0.4, 0.5) is 0 Å². The third-order valence-electron chi connectivity index (χ3n) is 0.748. The van der Waals surface area contributed by atoms with Crippen molar-refractivity contribution in [2.45, 2.75) is 6.42 Å². The summed E-state index contributed by atoms with van der Waals surface area (Å²) in [6, 6.07) is 0. The minimum absolute atomic E-state index is 0.552. The summed E-state index contributed by atoms with van der Waals surface area (Å²) in [5, 5.41) is 9.76. The lowest BCUT2D eigenvalue weighted by molar-refractivity contribution is 0.921. The minimum atomic E-state index is 0.552. The third-order valence-corrected chi connectivity index (χ3v) is 0.748. The molecular weight excluding hydrogens is 102 g/mol.